The first-order chi connectivity index (χ1) is 8.20. The van der Waals surface area contributed by atoms with Crippen molar-refractivity contribution in [2.24, 2.45) is 5.41 Å². The summed E-state index contributed by atoms with van der Waals surface area (Å²) in [7, 11) is 0. The molecule has 0 atom stereocenters. The molecule has 0 unspecified atom stereocenters. The van der Waals surface area contributed by atoms with Crippen LogP contribution < -0.4 is 5.32 Å². The zero-order valence-electron chi connectivity index (χ0n) is 10.3. The molecule has 0 amide bonds. The number of hydrogen-bond donors (Lipinski definition) is 2. The van der Waals surface area contributed by atoms with Crippen LogP contribution in [0.5, 0.6) is 0 Å². The fraction of sp³-hybridized carbons (Fsp3) is 0.600. The van der Waals surface area contributed by atoms with Gasteiger partial charge in [0.25, 0.3) is 0 Å². The van der Waals surface area contributed by atoms with Crippen LogP contribution in [0.1, 0.15) is 37.7 Å². The third-order valence-corrected chi connectivity index (χ3v) is 4.45. The van der Waals surface area contributed by atoms with Crippen molar-refractivity contribution in [1.29, 1.82) is 0 Å². The zero-order valence-corrected chi connectivity index (χ0v) is 10.3. The molecule has 2 heteroatoms. The Morgan fingerprint density at radius 1 is 1.12 bits per heavy atom. The summed E-state index contributed by atoms with van der Waals surface area (Å²) in [5.74, 6) is 0. The van der Waals surface area contributed by atoms with Gasteiger partial charge in [0.2, 0.25) is 0 Å². The van der Waals surface area contributed by atoms with E-state index in [0.717, 1.165) is 25.9 Å². The van der Waals surface area contributed by atoms with Crippen LogP contribution in [0.3, 0.4) is 0 Å². The van der Waals surface area contributed by atoms with Crippen molar-refractivity contribution in [3.8, 4) is 0 Å². The topological polar surface area (TPSA) is 32.3 Å². The molecule has 0 bridgehead atoms. The molecular weight excluding hydrogens is 210 g/mol. The van der Waals surface area contributed by atoms with E-state index >= 15 is 0 Å². The molecule has 2 aliphatic rings. The van der Waals surface area contributed by atoms with E-state index in [1.807, 2.05) is 6.07 Å². The predicted octanol–water partition coefficient (Wildman–Crippen LogP) is 2.47. The molecule has 17 heavy (non-hydrogen) atoms. The van der Waals surface area contributed by atoms with Crippen LogP contribution >= 0.6 is 0 Å². The third kappa shape index (κ3) is 2.24. The van der Waals surface area contributed by atoms with Crippen LogP contribution in [0.4, 0.5) is 0 Å². The second-order valence-corrected chi connectivity index (χ2v) is 6.02. The third-order valence-electron chi connectivity index (χ3n) is 4.45. The molecular formula is C15H21NO. The molecule has 0 heterocycles. The molecule has 0 radical (unpaired) electrons. The van der Waals surface area contributed by atoms with Gasteiger partial charge in [-0.2, -0.15) is 0 Å². The van der Waals surface area contributed by atoms with Crippen LogP contribution in [0, 0.1) is 5.41 Å². The summed E-state index contributed by atoms with van der Waals surface area (Å²) in [6.07, 6.45) is 6.08. The minimum Gasteiger partial charge on any atom is -0.389 e. The van der Waals surface area contributed by atoms with Crippen molar-refractivity contribution in [1.82, 2.24) is 5.32 Å². The SMILES string of the molecule is OC1(CNCc2ccccc2)CC2(CCC2)C1. The Hall–Kier alpha value is -0.860. The van der Waals surface area contributed by atoms with E-state index in [9.17, 15) is 5.11 Å². The Labute approximate surface area is 103 Å². The van der Waals surface area contributed by atoms with E-state index in [2.05, 4.69) is 29.6 Å². The molecule has 0 aliphatic heterocycles. The number of nitrogens with one attached hydrogen (secondary N) is 1. The van der Waals surface area contributed by atoms with E-state index in [1.165, 1.54) is 24.8 Å². The number of benzene rings is 1. The van der Waals surface area contributed by atoms with Crippen molar-refractivity contribution >= 4 is 0 Å². The van der Waals surface area contributed by atoms with Gasteiger partial charge in [-0.05, 0) is 36.7 Å². The van der Waals surface area contributed by atoms with Gasteiger partial charge in [-0.3, -0.25) is 0 Å². The number of hydrogen-bond acceptors (Lipinski definition) is 2. The minimum atomic E-state index is -0.421. The van der Waals surface area contributed by atoms with Crippen LogP contribution in [0.25, 0.3) is 0 Å². The Morgan fingerprint density at radius 2 is 1.82 bits per heavy atom. The molecule has 2 saturated carbocycles. The molecule has 2 N–H and O–H groups in total. The number of aliphatic hydroxyl groups is 1. The molecule has 1 spiro atoms. The van der Waals surface area contributed by atoms with Crippen LogP contribution in [0.2, 0.25) is 0 Å². The average molecular weight is 231 g/mol. The zero-order chi connectivity index (χ0) is 11.8. The van der Waals surface area contributed by atoms with E-state index in [4.69, 9.17) is 0 Å². The molecule has 0 saturated heterocycles. The maximum Gasteiger partial charge on any atom is 0.0782 e. The van der Waals surface area contributed by atoms with E-state index in [-0.39, 0.29) is 0 Å². The lowest BCUT2D eigenvalue weighted by Gasteiger charge is -2.58. The van der Waals surface area contributed by atoms with Gasteiger partial charge in [-0.25, -0.2) is 0 Å². The van der Waals surface area contributed by atoms with Crippen molar-refractivity contribution in [3.63, 3.8) is 0 Å². The van der Waals surface area contributed by atoms with Crippen LogP contribution in [0.15, 0.2) is 30.3 Å². The van der Waals surface area contributed by atoms with E-state index in [1.54, 1.807) is 0 Å². The fourth-order valence-electron chi connectivity index (χ4n) is 3.54. The van der Waals surface area contributed by atoms with Gasteiger partial charge >= 0.3 is 0 Å². The lowest BCUT2D eigenvalue weighted by molar-refractivity contribution is -0.159. The van der Waals surface area contributed by atoms with Crippen molar-refractivity contribution in [2.75, 3.05) is 6.54 Å². The predicted molar refractivity (Wildman–Crippen MR) is 68.6 cm³/mol. The second-order valence-electron chi connectivity index (χ2n) is 6.02. The molecule has 2 nitrogen and oxygen atoms in total. The lowest BCUT2D eigenvalue weighted by atomic mass is 9.50. The summed E-state index contributed by atoms with van der Waals surface area (Å²) >= 11 is 0. The fourth-order valence-corrected chi connectivity index (χ4v) is 3.54. The highest BCUT2D eigenvalue weighted by Crippen LogP contribution is 2.60. The van der Waals surface area contributed by atoms with Crippen molar-refractivity contribution < 1.29 is 5.11 Å². The second kappa shape index (κ2) is 4.11. The van der Waals surface area contributed by atoms with Gasteiger partial charge in [0.1, 0.15) is 0 Å². The van der Waals surface area contributed by atoms with Gasteiger partial charge in [-0.1, -0.05) is 36.8 Å². The summed E-state index contributed by atoms with van der Waals surface area (Å²) in [5.41, 5.74) is 1.41. The highest BCUT2D eigenvalue weighted by molar-refractivity contribution is 5.15. The molecule has 0 aromatic heterocycles. The first-order valence-electron chi connectivity index (χ1n) is 6.67. The Balaban J connectivity index is 1.43. The highest BCUT2D eigenvalue weighted by Gasteiger charge is 2.55. The quantitative estimate of drug-likeness (QED) is 0.834. The monoisotopic (exact) mass is 231 g/mol. The molecule has 2 fully saturated rings. The summed E-state index contributed by atoms with van der Waals surface area (Å²) < 4.78 is 0. The molecule has 92 valence electrons. The van der Waals surface area contributed by atoms with Crippen molar-refractivity contribution in [3.05, 3.63) is 35.9 Å². The summed E-state index contributed by atoms with van der Waals surface area (Å²) in [6.45, 7) is 1.60. The first-order valence-corrected chi connectivity index (χ1v) is 6.67. The van der Waals surface area contributed by atoms with Gasteiger partial charge in [0.05, 0.1) is 5.60 Å². The summed E-state index contributed by atoms with van der Waals surface area (Å²) in [6, 6.07) is 10.4. The first kappa shape index (κ1) is 11.2. The van der Waals surface area contributed by atoms with Gasteiger partial charge in [0, 0.05) is 13.1 Å². The molecule has 1 aromatic carbocycles. The lowest BCUT2D eigenvalue weighted by Crippen LogP contribution is -2.59. The van der Waals surface area contributed by atoms with Gasteiger partial charge < -0.3 is 10.4 Å². The largest absolute Gasteiger partial charge is 0.389 e. The minimum absolute atomic E-state index is 0.421. The Kier molecular flexibility index (Phi) is 2.72. The maximum absolute atomic E-state index is 10.3. The smallest absolute Gasteiger partial charge is 0.0782 e. The standard InChI is InChI=1S/C15H21NO/c17-15(10-14(11-15)7-4-8-14)12-16-9-13-5-2-1-3-6-13/h1-3,5-6,16-17H,4,7-12H2. The summed E-state index contributed by atoms with van der Waals surface area (Å²) in [5, 5.41) is 13.7. The molecule has 2 aliphatic carbocycles. The van der Waals surface area contributed by atoms with E-state index < -0.39 is 5.60 Å². The van der Waals surface area contributed by atoms with Crippen molar-refractivity contribution in [2.45, 2.75) is 44.2 Å². The molecule has 1 aromatic rings. The van der Waals surface area contributed by atoms with Gasteiger partial charge in [-0.15, -0.1) is 0 Å². The average Bonchev–Trinajstić information content (AvgIpc) is 2.24. The molecule has 3 rings (SSSR count). The number of rotatable bonds is 4. The van der Waals surface area contributed by atoms with Crippen LogP contribution in [-0.4, -0.2) is 17.3 Å². The van der Waals surface area contributed by atoms with E-state index in [0.29, 0.717) is 5.41 Å². The van der Waals surface area contributed by atoms with Crippen LogP contribution in [-0.2, 0) is 6.54 Å². The normalized spacial score (nSPS) is 24.1. The summed E-state index contributed by atoms with van der Waals surface area (Å²) in [4.78, 5) is 0. The highest BCUT2D eigenvalue weighted by atomic mass is 16.3. The Morgan fingerprint density at radius 3 is 2.41 bits per heavy atom. The van der Waals surface area contributed by atoms with Gasteiger partial charge in [0.15, 0.2) is 0 Å². The Bertz CT molecular complexity index is 375. The maximum atomic E-state index is 10.3.